The van der Waals surface area contributed by atoms with E-state index < -0.39 is 0 Å². The number of aromatic nitrogens is 1. The minimum atomic E-state index is 0.235. The maximum Gasteiger partial charge on any atom is 0.167 e. The maximum atomic E-state index is 5.90. The van der Waals surface area contributed by atoms with Crippen LogP contribution in [0, 0.1) is 0 Å². The molecular formula is C22H25NO2. The topological polar surface area (TPSA) is 35.3 Å². The molecule has 0 aliphatic heterocycles. The van der Waals surface area contributed by atoms with Gasteiger partial charge in [0.15, 0.2) is 5.76 Å². The third kappa shape index (κ3) is 4.30. The van der Waals surface area contributed by atoms with Crippen LogP contribution in [0.1, 0.15) is 39.2 Å². The largest absolute Gasteiger partial charge is 0.491 e. The Hall–Kier alpha value is -2.55. The fraction of sp³-hybridized carbons (Fsp3) is 0.318. The van der Waals surface area contributed by atoms with Crippen molar-refractivity contribution in [2.75, 3.05) is 0 Å². The standard InChI is InChI=1S/C22H25NO2/c1-4-6-16(3)24-20-13-11-19(12-14-20)22-15-21(23-25-22)18-9-7-17(5-2)8-10-18/h7-16H,4-6H2,1-3H3. The van der Waals surface area contributed by atoms with Gasteiger partial charge in [-0.1, -0.05) is 49.7 Å². The molecule has 3 heteroatoms. The molecule has 0 bridgehead atoms. The van der Waals surface area contributed by atoms with Gasteiger partial charge in [0.2, 0.25) is 0 Å². The summed E-state index contributed by atoms with van der Waals surface area (Å²) >= 11 is 0. The number of hydrogen-bond acceptors (Lipinski definition) is 3. The van der Waals surface area contributed by atoms with Gasteiger partial charge in [-0.3, -0.25) is 0 Å². The van der Waals surface area contributed by atoms with Gasteiger partial charge in [0, 0.05) is 17.2 Å². The van der Waals surface area contributed by atoms with Crippen LogP contribution in [0.15, 0.2) is 59.1 Å². The fourth-order valence-electron chi connectivity index (χ4n) is 2.85. The van der Waals surface area contributed by atoms with Crippen molar-refractivity contribution >= 4 is 0 Å². The fourth-order valence-corrected chi connectivity index (χ4v) is 2.85. The highest BCUT2D eigenvalue weighted by Gasteiger charge is 2.09. The lowest BCUT2D eigenvalue weighted by molar-refractivity contribution is 0.210. The molecule has 0 aliphatic rings. The predicted molar refractivity (Wildman–Crippen MR) is 102 cm³/mol. The predicted octanol–water partition coefficient (Wildman–Crippen LogP) is 6.14. The lowest BCUT2D eigenvalue weighted by atomic mass is 10.1. The smallest absolute Gasteiger partial charge is 0.167 e. The molecule has 0 saturated carbocycles. The Bertz CT molecular complexity index is 788. The summed E-state index contributed by atoms with van der Waals surface area (Å²) in [6.45, 7) is 6.42. The van der Waals surface area contributed by atoms with Crippen LogP contribution in [0.25, 0.3) is 22.6 Å². The molecule has 0 radical (unpaired) electrons. The molecule has 130 valence electrons. The molecule has 1 aromatic heterocycles. The van der Waals surface area contributed by atoms with Crippen molar-refractivity contribution < 1.29 is 9.26 Å². The van der Waals surface area contributed by atoms with E-state index in [0.29, 0.717) is 0 Å². The first-order chi connectivity index (χ1) is 12.2. The van der Waals surface area contributed by atoms with Crippen molar-refractivity contribution in [2.24, 2.45) is 0 Å². The minimum Gasteiger partial charge on any atom is -0.491 e. The molecule has 0 aliphatic carbocycles. The summed E-state index contributed by atoms with van der Waals surface area (Å²) < 4.78 is 11.4. The Morgan fingerprint density at radius 3 is 2.28 bits per heavy atom. The summed E-state index contributed by atoms with van der Waals surface area (Å²) in [5.41, 5.74) is 4.25. The number of rotatable bonds is 7. The minimum absolute atomic E-state index is 0.235. The van der Waals surface area contributed by atoms with Gasteiger partial charge in [-0.15, -0.1) is 0 Å². The van der Waals surface area contributed by atoms with E-state index in [9.17, 15) is 0 Å². The maximum absolute atomic E-state index is 5.90. The Kier molecular flexibility index (Phi) is 5.54. The first kappa shape index (κ1) is 17.3. The van der Waals surface area contributed by atoms with Crippen molar-refractivity contribution in [2.45, 2.75) is 46.1 Å². The third-order valence-corrected chi connectivity index (χ3v) is 4.34. The molecule has 0 saturated heterocycles. The van der Waals surface area contributed by atoms with E-state index in [1.165, 1.54) is 5.56 Å². The molecule has 0 fully saturated rings. The van der Waals surface area contributed by atoms with Gasteiger partial charge in [-0.05, 0) is 49.6 Å². The van der Waals surface area contributed by atoms with Gasteiger partial charge in [0.05, 0.1) is 6.10 Å². The van der Waals surface area contributed by atoms with E-state index >= 15 is 0 Å². The molecule has 1 atom stereocenters. The zero-order chi connectivity index (χ0) is 17.6. The Morgan fingerprint density at radius 1 is 0.960 bits per heavy atom. The number of hydrogen-bond donors (Lipinski definition) is 0. The van der Waals surface area contributed by atoms with E-state index in [0.717, 1.165) is 47.6 Å². The van der Waals surface area contributed by atoms with Crippen LogP contribution < -0.4 is 4.74 Å². The molecule has 0 N–H and O–H groups in total. The van der Waals surface area contributed by atoms with Gasteiger partial charge in [0.25, 0.3) is 0 Å². The van der Waals surface area contributed by atoms with Crippen molar-refractivity contribution in [3.63, 3.8) is 0 Å². The Balaban J connectivity index is 1.73. The number of aryl methyl sites for hydroxylation is 1. The van der Waals surface area contributed by atoms with Crippen molar-refractivity contribution in [1.29, 1.82) is 0 Å². The van der Waals surface area contributed by atoms with Gasteiger partial charge < -0.3 is 9.26 Å². The van der Waals surface area contributed by atoms with E-state index in [1.54, 1.807) is 0 Å². The summed E-state index contributed by atoms with van der Waals surface area (Å²) in [5.74, 6) is 1.65. The number of nitrogens with zero attached hydrogens (tertiary/aromatic N) is 1. The second kappa shape index (κ2) is 8.02. The lowest BCUT2D eigenvalue weighted by Gasteiger charge is -2.13. The van der Waals surface area contributed by atoms with Crippen LogP contribution in [-0.4, -0.2) is 11.3 Å². The monoisotopic (exact) mass is 335 g/mol. The summed E-state index contributed by atoms with van der Waals surface area (Å²) in [7, 11) is 0. The Morgan fingerprint density at radius 2 is 1.64 bits per heavy atom. The summed E-state index contributed by atoms with van der Waals surface area (Å²) in [6.07, 6.45) is 3.46. The first-order valence-electron chi connectivity index (χ1n) is 9.02. The summed E-state index contributed by atoms with van der Waals surface area (Å²) in [6, 6.07) is 18.4. The molecule has 0 spiro atoms. The van der Waals surface area contributed by atoms with Crippen molar-refractivity contribution in [1.82, 2.24) is 5.16 Å². The zero-order valence-corrected chi connectivity index (χ0v) is 15.2. The number of ether oxygens (including phenoxy) is 1. The zero-order valence-electron chi connectivity index (χ0n) is 15.2. The average Bonchev–Trinajstić information content (AvgIpc) is 3.13. The third-order valence-electron chi connectivity index (χ3n) is 4.34. The Labute approximate surface area is 149 Å². The molecule has 0 amide bonds. The molecule has 25 heavy (non-hydrogen) atoms. The summed E-state index contributed by atoms with van der Waals surface area (Å²) in [4.78, 5) is 0. The molecular weight excluding hydrogens is 310 g/mol. The second-order valence-corrected chi connectivity index (χ2v) is 6.37. The molecule has 2 aromatic carbocycles. The lowest BCUT2D eigenvalue weighted by Crippen LogP contribution is -2.10. The highest BCUT2D eigenvalue weighted by Crippen LogP contribution is 2.28. The van der Waals surface area contributed by atoms with Crippen LogP contribution in [0.3, 0.4) is 0 Å². The van der Waals surface area contributed by atoms with E-state index in [4.69, 9.17) is 9.26 Å². The van der Waals surface area contributed by atoms with E-state index in [1.807, 2.05) is 30.3 Å². The van der Waals surface area contributed by atoms with Gasteiger partial charge in [0.1, 0.15) is 11.4 Å². The van der Waals surface area contributed by atoms with Gasteiger partial charge in [-0.25, -0.2) is 0 Å². The normalized spacial score (nSPS) is 12.1. The van der Waals surface area contributed by atoms with E-state index in [-0.39, 0.29) is 6.10 Å². The molecule has 3 rings (SSSR count). The first-order valence-corrected chi connectivity index (χ1v) is 9.02. The quantitative estimate of drug-likeness (QED) is 0.520. The molecule has 1 heterocycles. The molecule has 1 unspecified atom stereocenters. The second-order valence-electron chi connectivity index (χ2n) is 6.37. The molecule has 3 aromatic rings. The van der Waals surface area contributed by atoms with Gasteiger partial charge >= 0.3 is 0 Å². The summed E-state index contributed by atoms with van der Waals surface area (Å²) in [5, 5.41) is 4.21. The molecule has 3 nitrogen and oxygen atoms in total. The highest BCUT2D eigenvalue weighted by atomic mass is 16.5. The van der Waals surface area contributed by atoms with Gasteiger partial charge in [-0.2, -0.15) is 0 Å². The van der Waals surface area contributed by atoms with Crippen LogP contribution in [0.2, 0.25) is 0 Å². The van der Waals surface area contributed by atoms with Crippen LogP contribution in [-0.2, 0) is 6.42 Å². The van der Waals surface area contributed by atoms with Crippen LogP contribution in [0.5, 0.6) is 5.75 Å². The number of benzene rings is 2. The van der Waals surface area contributed by atoms with Crippen molar-refractivity contribution in [3.8, 4) is 28.3 Å². The van der Waals surface area contributed by atoms with Crippen LogP contribution in [0.4, 0.5) is 0 Å². The highest BCUT2D eigenvalue weighted by molar-refractivity contribution is 5.67. The average molecular weight is 335 g/mol. The van der Waals surface area contributed by atoms with E-state index in [2.05, 4.69) is 50.2 Å². The SMILES string of the molecule is CCCC(C)Oc1ccc(-c2cc(-c3ccc(CC)cc3)no2)cc1. The van der Waals surface area contributed by atoms with Crippen molar-refractivity contribution in [3.05, 3.63) is 60.2 Å². The van der Waals surface area contributed by atoms with Crippen LogP contribution >= 0.6 is 0 Å².